The second-order valence-electron chi connectivity index (χ2n) is 3.93. The molecule has 0 aliphatic heterocycles. The number of carbonyl (C=O) groups is 2. The van der Waals surface area contributed by atoms with Crippen LogP contribution in [0.2, 0.25) is 0 Å². The van der Waals surface area contributed by atoms with Crippen LogP contribution in [-0.4, -0.2) is 16.9 Å². The molecule has 20 heavy (non-hydrogen) atoms. The highest BCUT2D eigenvalue weighted by atomic mass is 16.6. The van der Waals surface area contributed by atoms with Gasteiger partial charge in [0.15, 0.2) is 0 Å². The number of hydrogen-bond donors (Lipinski definition) is 1. The zero-order valence-electron chi connectivity index (χ0n) is 10.5. The van der Waals surface area contributed by atoms with E-state index in [0.717, 1.165) is 5.56 Å². The van der Waals surface area contributed by atoms with Crippen molar-refractivity contribution in [3.63, 3.8) is 0 Å². The summed E-state index contributed by atoms with van der Waals surface area (Å²) in [5.74, 6) is -1.67. The lowest BCUT2D eigenvalue weighted by Crippen LogP contribution is -2.19. The third-order valence-corrected chi connectivity index (χ3v) is 2.44. The lowest BCUT2D eigenvalue weighted by atomic mass is 10.2. The largest absolute Gasteiger partial charge is 0.393 e. The van der Waals surface area contributed by atoms with Crippen LogP contribution in [-0.2, 0) is 9.53 Å². The summed E-state index contributed by atoms with van der Waals surface area (Å²) in [5, 5.41) is 0. The van der Waals surface area contributed by atoms with E-state index < -0.39 is 11.9 Å². The fourth-order valence-electron chi connectivity index (χ4n) is 1.47. The van der Waals surface area contributed by atoms with Gasteiger partial charge in [-0.1, -0.05) is 30.3 Å². The first-order valence-electron chi connectivity index (χ1n) is 5.85. The molecule has 100 valence electrons. The summed E-state index contributed by atoms with van der Waals surface area (Å²) < 4.78 is 4.66. The van der Waals surface area contributed by atoms with E-state index >= 15 is 0 Å². The molecule has 1 heterocycles. The lowest BCUT2D eigenvalue weighted by molar-refractivity contribution is -0.133. The Morgan fingerprint density at radius 1 is 1.10 bits per heavy atom. The molecule has 0 amide bonds. The molecule has 0 aliphatic carbocycles. The van der Waals surface area contributed by atoms with Gasteiger partial charge in [0.05, 0.1) is 5.56 Å². The number of esters is 2. The van der Waals surface area contributed by atoms with Crippen LogP contribution in [0.25, 0.3) is 6.08 Å². The van der Waals surface area contributed by atoms with Gasteiger partial charge in [-0.25, -0.2) is 9.59 Å². The standard InChI is InChI=1S/C15H12N2O3/c16-13(9-11-5-2-1-3-6-11)15(19)20-14(18)12-7-4-8-17-10-12/h1-10H,16H2. The first-order valence-corrected chi connectivity index (χ1v) is 5.85. The maximum absolute atomic E-state index is 11.7. The van der Waals surface area contributed by atoms with Crippen LogP contribution < -0.4 is 5.73 Å². The summed E-state index contributed by atoms with van der Waals surface area (Å²) in [5.41, 5.74) is 6.38. The van der Waals surface area contributed by atoms with Crippen LogP contribution in [0.1, 0.15) is 15.9 Å². The molecule has 2 rings (SSSR count). The van der Waals surface area contributed by atoms with Crippen molar-refractivity contribution in [3.05, 3.63) is 71.7 Å². The molecule has 5 nitrogen and oxygen atoms in total. The van der Waals surface area contributed by atoms with Crippen molar-refractivity contribution in [1.82, 2.24) is 4.98 Å². The SMILES string of the molecule is NC(=Cc1ccccc1)C(=O)OC(=O)c1cccnc1. The molecule has 2 aromatic rings. The van der Waals surface area contributed by atoms with E-state index in [-0.39, 0.29) is 11.3 Å². The van der Waals surface area contributed by atoms with Crippen molar-refractivity contribution in [2.45, 2.75) is 0 Å². The Morgan fingerprint density at radius 2 is 1.85 bits per heavy atom. The molecular formula is C15H12N2O3. The number of aromatic nitrogens is 1. The molecule has 2 N–H and O–H groups in total. The topological polar surface area (TPSA) is 82.3 Å². The number of pyridine rings is 1. The van der Waals surface area contributed by atoms with Gasteiger partial charge in [0.1, 0.15) is 5.70 Å². The molecule has 0 atom stereocenters. The molecule has 0 saturated carbocycles. The van der Waals surface area contributed by atoms with Crippen molar-refractivity contribution in [1.29, 1.82) is 0 Å². The molecule has 0 saturated heterocycles. The Balaban J connectivity index is 2.05. The molecule has 5 heteroatoms. The fraction of sp³-hybridized carbons (Fsp3) is 0. The first kappa shape index (κ1) is 13.5. The molecule has 1 aromatic heterocycles. The molecule has 0 radical (unpaired) electrons. The van der Waals surface area contributed by atoms with Crippen LogP contribution in [0, 0.1) is 0 Å². The van der Waals surface area contributed by atoms with Gasteiger partial charge < -0.3 is 10.5 Å². The molecule has 0 unspecified atom stereocenters. The van der Waals surface area contributed by atoms with Gasteiger partial charge >= 0.3 is 11.9 Å². The minimum Gasteiger partial charge on any atom is -0.393 e. The average Bonchev–Trinajstić information content (AvgIpc) is 2.49. The van der Waals surface area contributed by atoms with E-state index in [9.17, 15) is 9.59 Å². The summed E-state index contributed by atoms with van der Waals surface area (Å²) in [6.07, 6.45) is 4.27. The van der Waals surface area contributed by atoms with Crippen LogP contribution in [0.5, 0.6) is 0 Å². The normalized spacial score (nSPS) is 10.9. The van der Waals surface area contributed by atoms with Gasteiger partial charge in [0, 0.05) is 12.4 Å². The summed E-state index contributed by atoms with van der Waals surface area (Å²) in [6, 6.07) is 12.1. The van der Waals surface area contributed by atoms with Crippen LogP contribution in [0.4, 0.5) is 0 Å². The van der Waals surface area contributed by atoms with Crippen molar-refractivity contribution >= 4 is 18.0 Å². The Hall–Kier alpha value is -2.95. The Kier molecular flexibility index (Phi) is 4.24. The highest BCUT2D eigenvalue weighted by molar-refractivity contribution is 6.03. The maximum atomic E-state index is 11.7. The van der Waals surface area contributed by atoms with Crippen molar-refractivity contribution in [3.8, 4) is 0 Å². The number of carbonyl (C=O) groups excluding carboxylic acids is 2. The summed E-state index contributed by atoms with van der Waals surface area (Å²) in [7, 11) is 0. The zero-order chi connectivity index (χ0) is 14.4. The van der Waals surface area contributed by atoms with E-state index in [1.54, 1.807) is 18.2 Å². The van der Waals surface area contributed by atoms with E-state index in [0.29, 0.717) is 0 Å². The van der Waals surface area contributed by atoms with Gasteiger partial charge in [0.25, 0.3) is 0 Å². The zero-order valence-corrected chi connectivity index (χ0v) is 10.5. The molecule has 1 aromatic carbocycles. The molecule has 0 spiro atoms. The van der Waals surface area contributed by atoms with Gasteiger partial charge in [-0.2, -0.15) is 0 Å². The van der Waals surface area contributed by atoms with Crippen LogP contribution >= 0.6 is 0 Å². The second-order valence-corrected chi connectivity index (χ2v) is 3.93. The number of ether oxygens (including phenoxy) is 1. The minimum absolute atomic E-state index is 0.145. The Morgan fingerprint density at radius 3 is 2.50 bits per heavy atom. The van der Waals surface area contributed by atoms with Crippen molar-refractivity contribution < 1.29 is 14.3 Å². The number of rotatable bonds is 3. The highest BCUT2D eigenvalue weighted by Crippen LogP contribution is 2.06. The van der Waals surface area contributed by atoms with Gasteiger partial charge in [-0.3, -0.25) is 4.98 Å². The van der Waals surface area contributed by atoms with E-state index in [1.807, 2.05) is 18.2 Å². The number of nitrogens with two attached hydrogens (primary N) is 1. The summed E-state index contributed by atoms with van der Waals surface area (Å²) in [6.45, 7) is 0. The van der Waals surface area contributed by atoms with Gasteiger partial charge in [0.2, 0.25) is 0 Å². The van der Waals surface area contributed by atoms with Crippen molar-refractivity contribution in [2.75, 3.05) is 0 Å². The molecule has 0 aliphatic rings. The first-order chi connectivity index (χ1) is 9.66. The average molecular weight is 268 g/mol. The van der Waals surface area contributed by atoms with Gasteiger partial charge in [-0.15, -0.1) is 0 Å². The smallest absolute Gasteiger partial charge is 0.362 e. The third-order valence-electron chi connectivity index (χ3n) is 2.44. The monoisotopic (exact) mass is 268 g/mol. The molecular weight excluding hydrogens is 256 g/mol. The second kappa shape index (κ2) is 6.29. The van der Waals surface area contributed by atoms with E-state index in [4.69, 9.17) is 5.73 Å². The number of hydrogen-bond acceptors (Lipinski definition) is 5. The maximum Gasteiger partial charge on any atom is 0.362 e. The Bertz CT molecular complexity index is 637. The van der Waals surface area contributed by atoms with Crippen molar-refractivity contribution in [2.24, 2.45) is 5.73 Å². The molecule has 0 bridgehead atoms. The summed E-state index contributed by atoms with van der Waals surface area (Å²) >= 11 is 0. The predicted molar refractivity (Wildman–Crippen MR) is 73.3 cm³/mol. The third kappa shape index (κ3) is 3.52. The molecule has 0 fully saturated rings. The van der Waals surface area contributed by atoms with Crippen LogP contribution in [0.3, 0.4) is 0 Å². The van der Waals surface area contributed by atoms with E-state index in [1.165, 1.54) is 24.5 Å². The quantitative estimate of drug-likeness (QED) is 0.521. The van der Waals surface area contributed by atoms with Crippen LogP contribution in [0.15, 0.2) is 60.6 Å². The Labute approximate surface area is 115 Å². The van der Waals surface area contributed by atoms with Gasteiger partial charge in [-0.05, 0) is 23.8 Å². The van der Waals surface area contributed by atoms with E-state index in [2.05, 4.69) is 9.72 Å². The number of nitrogens with zero attached hydrogens (tertiary/aromatic N) is 1. The fourth-order valence-corrected chi connectivity index (χ4v) is 1.47. The lowest BCUT2D eigenvalue weighted by Gasteiger charge is -2.03. The minimum atomic E-state index is -0.886. The highest BCUT2D eigenvalue weighted by Gasteiger charge is 2.15. The summed E-state index contributed by atoms with van der Waals surface area (Å²) in [4.78, 5) is 27.1. The predicted octanol–water partition coefficient (Wildman–Crippen LogP) is 1.76. The number of benzene rings is 1.